The van der Waals surface area contributed by atoms with Crippen LogP contribution in [-0.4, -0.2) is 25.3 Å². The van der Waals surface area contributed by atoms with E-state index in [1.807, 2.05) is 45.9 Å². The molecule has 28 heavy (non-hydrogen) atoms. The minimum atomic E-state index is -3.39. The molecule has 5 nitrogen and oxygen atoms in total. The number of aryl methyl sites for hydroxylation is 1. The normalized spacial score (nSPS) is 18.7. The molecule has 0 radical (unpaired) electrons. The number of ketones is 1. The van der Waals surface area contributed by atoms with Crippen LogP contribution < -0.4 is 4.74 Å². The third-order valence-corrected chi connectivity index (χ3v) is 8.46. The topological polar surface area (TPSA) is 61.8 Å². The van der Waals surface area contributed by atoms with Crippen LogP contribution in [0, 0.1) is 12.3 Å². The summed E-state index contributed by atoms with van der Waals surface area (Å²) >= 11 is 1.20. The zero-order valence-electron chi connectivity index (χ0n) is 17.7. The molecule has 1 aromatic carbocycles. The molecule has 2 rings (SSSR count). The molecule has 156 valence electrons. The van der Waals surface area contributed by atoms with Gasteiger partial charge in [0.2, 0.25) is 0 Å². The Kier molecular flexibility index (Phi) is 7.83. The van der Waals surface area contributed by atoms with E-state index in [2.05, 4.69) is 0 Å². The standard InChI is InChI=1S/C21H31O5PS/c1-7-11-28-27(23,25-8-2)26-19-14-21(4,5)13-18(22)20(19)17-10-9-16(24-6)12-15(17)3/h9-10,12H,7-8,11,13-14H2,1-6H3. The van der Waals surface area contributed by atoms with Gasteiger partial charge in [-0.1, -0.05) is 26.8 Å². The highest BCUT2D eigenvalue weighted by molar-refractivity contribution is 8.55. The number of Topliss-reactive ketones (excluding diaryl/α,β-unsaturated/α-hetero) is 1. The van der Waals surface area contributed by atoms with Crippen molar-refractivity contribution in [2.75, 3.05) is 19.5 Å². The molecule has 1 aliphatic carbocycles. The molecule has 0 aliphatic heterocycles. The van der Waals surface area contributed by atoms with E-state index in [0.717, 1.165) is 23.3 Å². The Morgan fingerprint density at radius 3 is 2.50 bits per heavy atom. The second kappa shape index (κ2) is 9.51. The van der Waals surface area contributed by atoms with E-state index in [4.69, 9.17) is 13.8 Å². The van der Waals surface area contributed by atoms with Crippen molar-refractivity contribution in [1.82, 2.24) is 0 Å². The summed E-state index contributed by atoms with van der Waals surface area (Å²) in [6.07, 6.45) is 1.81. The van der Waals surface area contributed by atoms with E-state index < -0.39 is 6.80 Å². The molecule has 0 saturated heterocycles. The number of rotatable bonds is 9. The van der Waals surface area contributed by atoms with E-state index in [1.165, 1.54) is 11.4 Å². The summed E-state index contributed by atoms with van der Waals surface area (Å²) in [6, 6.07) is 5.59. The first-order chi connectivity index (χ1) is 13.1. The van der Waals surface area contributed by atoms with Crippen LogP contribution in [0.25, 0.3) is 5.57 Å². The van der Waals surface area contributed by atoms with Crippen LogP contribution in [0.3, 0.4) is 0 Å². The smallest absolute Gasteiger partial charge is 0.439 e. The van der Waals surface area contributed by atoms with Crippen molar-refractivity contribution < 1.29 is 23.1 Å². The highest BCUT2D eigenvalue weighted by Gasteiger charge is 2.39. The fourth-order valence-electron chi connectivity index (χ4n) is 3.27. The summed E-state index contributed by atoms with van der Waals surface area (Å²) in [6.45, 7) is 6.69. The van der Waals surface area contributed by atoms with Crippen molar-refractivity contribution in [1.29, 1.82) is 0 Å². The molecule has 0 amide bonds. The lowest BCUT2D eigenvalue weighted by molar-refractivity contribution is -0.116. The summed E-state index contributed by atoms with van der Waals surface area (Å²) < 4.78 is 30.1. The fraction of sp³-hybridized carbons (Fsp3) is 0.571. The van der Waals surface area contributed by atoms with Gasteiger partial charge in [-0.2, -0.15) is 0 Å². The first-order valence-corrected chi connectivity index (χ1v) is 12.8. The fourth-order valence-corrected chi connectivity index (χ4v) is 6.79. The average Bonchev–Trinajstić information content (AvgIpc) is 2.60. The summed E-state index contributed by atoms with van der Waals surface area (Å²) in [4.78, 5) is 13.1. The number of hydrogen-bond donors (Lipinski definition) is 0. The number of carbonyl (C=O) groups excluding carboxylic acids is 1. The maximum Gasteiger partial charge on any atom is 0.439 e. The molecule has 1 aliphatic rings. The molecule has 0 fully saturated rings. The number of allylic oxidation sites excluding steroid dienone is 2. The maximum absolute atomic E-state index is 13.3. The number of methoxy groups -OCH3 is 1. The van der Waals surface area contributed by atoms with Gasteiger partial charge in [0.25, 0.3) is 0 Å². The van der Waals surface area contributed by atoms with Crippen LogP contribution in [-0.2, 0) is 18.4 Å². The first kappa shape index (κ1) is 23.1. The molecular formula is C21H31O5PS. The van der Waals surface area contributed by atoms with Crippen molar-refractivity contribution in [3.63, 3.8) is 0 Å². The summed E-state index contributed by atoms with van der Waals surface area (Å²) in [7, 11) is 1.61. The average molecular weight is 427 g/mol. The van der Waals surface area contributed by atoms with Crippen LogP contribution in [0.15, 0.2) is 24.0 Å². The van der Waals surface area contributed by atoms with Crippen molar-refractivity contribution in [2.24, 2.45) is 5.41 Å². The molecule has 0 bridgehead atoms. The van der Waals surface area contributed by atoms with E-state index >= 15 is 0 Å². The van der Waals surface area contributed by atoms with Gasteiger partial charge in [-0.3, -0.25) is 9.32 Å². The van der Waals surface area contributed by atoms with Crippen molar-refractivity contribution in [3.8, 4) is 5.75 Å². The summed E-state index contributed by atoms with van der Waals surface area (Å²) in [5, 5.41) is 0. The van der Waals surface area contributed by atoms with E-state index in [0.29, 0.717) is 29.9 Å². The van der Waals surface area contributed by atoms with E-state index in [9.17, 15) is 9.36 Å². The van der Waals surface area contributed by atoms with Gasteiger partial charge in [-0.05, 0) is 60.3 Å². The number of ether oxygens (including phenoxy) is 1. The molecule has 1 unspecified atom stereocenters. The van der Waals surface area contributed by atoms with Crippen LogP contribution in [0.4, 0.5) is 0 Å². The highest BCUT2D eigenvalue weighted by Crippen LogP contribution is 2.63. The van der Waals surface area contributed by atoms with Crippen LogP contribution in [0.2, 0.25) is 0 Å². The third kappa shape index (κ3) is 5.65. The van der Waals surface area contributed by atoms with Crippen LogP contribution in [0.1, 0.15) is 58.1 Å². The lowest BCUT2D eigenvalue weighted by Gasteiger charge is -2.33. The van der Waals surface area contributed by atoms with E-state index in [1.54, 1.807) is 14.0 Å². The zero-order chi connectivity index (χ0) is 20.9. The molecule has 0 heterocycles. The molecular weight excluding hydrogens is 395 g/mol. The highest BCUT2D eigenvalue weighted by atomic mass is 32.7. The largest absolute Gasteiger partial charge is 0.497 e. The monoisotopic (exact) mass is 426 g/mol. The molecule has 0 aromatic heterocycles. The third-order valence-electron chi connectivity index (χ3n) is 4.50. The minimum Gasteiger partial charge on any atom is -0.497 e. The maximum atomic E-state index is 13.3. The van der Waals surface area contributed by atoms with Crippen molar-refractivity contribution in [3.05, 3.63) is 35.1 Å². The number of hydrogen-bond acceptors (Lipinski definition) is 6. The SMILES string of the molecule is CCCSP(=O)(OCC)OC1=C(c2ccc(OC)cc2C)C(=O)CC(C)(C)C1. The van der Waals surface area contributed by atoms with Gasteiger partial charge in [-0.25, -0.2) is 4.57 Å². The lowest BCUT2D eigenvalue weighted by Crippen LogP contribution is -2.26. The predicted molar refractivity (Wildman–Crippen MR) is 116 cm³/mol. The summed E-state index contributed by atoms with van der Waals surface area (Å²) in [5.41, 5.74) is 1.95. The van der Waals surface area contributed by atoms with Gasteiger partial charge in [0.05, 0.1) is 19.3 Å². The molecule has 0 saturated carbocycles. The lowest BCUT2D eigenvalue weighted by atomic mass is 9.74. The Balaban J connectivity index is 2.55. The van der Waals surface area contributed by atoms with Crippen molar-refractivity contribution in [2.45, 2.75) is 53.9 Å². The predicted octanol–water partition coefficient (Wildman–Crippen LogP) is 6.41. The van der Waals surface area contributed by atoms with Gasteiger partial charge in [0, 0.05) is 18.6 Å². The number of benzene rings is 1. The Morgan fingerprint density at radius 2 is 1.93 bits per heavy atom. The Hall–Kier alpha value is -1.23. The van der Waals surface area contributed by atoms with Gasteiger partial charge in [0.1, 0.15) is 11.5 Å². The Bertz CT molecular complexity index is 800. The van der Waals surface area contributed by atoms with Gasteiger partial charge in [-0.15, -0.1) is 0 Å². The zero-order valence-corrected chi connectivity index (χ0v) is 19.4. The van der Waals surface area contributed by atoms with Gasteiger partial charge >= 0.3 is 6.80 Å². The molecule has 1 atom stereocenters. The molecule has 0 spiro atoms. The van der Waals surface area contributed by atoms with Gasteiger partial charge in [0.15, 0.2) is 5.78 Å². The quantitative estimate of drug-likeness (QED) is 0.425. The second-order valence-electron chi connectivity index (χ2n) is 7.71. The molecule has 1 aromatic rings. The molecule has 0 N–H and O–H groups in total. The second-order valence-corrected chi connectivity index (χ2v) is 11.8. The first-order valence-electron chi connectivity index (χ1n) is 9.64. The van der Waals surface area contributed by atoms with E-state index in [-0.39, 0.29) is 17.8 Å². The Labute approximate surface area is 172 Å². The Morgan fingerprint density at radius 1 is 1.21 bits per heavy atom. The minimum absolute atomic E-state index is 0.00283. The van der Waals surface area contributed by atoms with Gasteiger partial charge < -0.3 is 9.26 Å². The van der Waals surface area contributed by atoms with Crippen LogP contribution in [0.5, 0.6) is 5.75 Å². The molecule has 7 heteroatoms. The summed E-state index contributed by atoms with van der Waals surface area (Å²) in [5.74, 6) is 1.86. The number of carbonyl (C=O) groups is 1. The van der Waals surface area contributed by atoms with Crippen molar-refractivity contribution >= 4 is 29.5 Å². The van der Waals surface area contributed by atoms with Crippen LogP contribution >= 0.6 is 18.2 Å².